The van der Waals surface area contributed by atoms with E-state index in [-0.39, 0.29) is 5.91 Å². The lowest BCUT2D eigenvalue weighted by Gasteiger charge is -2.36. The first-order chi connectivity index (χ1) is 10.0. The Balaban J connectivity index is 2.32. The molecule has 3 nitrogen and oxygen atoms in total. The molecule has 1 amide bonds. The van der Waals surface area contributed by atoms with Crippen LogP contribution in [0.15, 0.2) is 0 Å². The Labute approximate surface area is 135 Å². The van der Waals surface area contributed by atoms with Gasteiger partial charge in [-0.25, -0.2) is 0 Å². The minimum atomic E-state index is 0.219. The van der Waals surface area contributed by atoms with Crippen molar-refractivity contribution >= 4 is 17.7 Å². The highest BCUT2D eigenvalue weighted by Crippen LogP contribution is 2.37. The molecule has 0 aliphatic heterocycles. The van der Waals surface area contributed by atoms with Crippen LogP contribution in [0.25, 0.3) is 0 Å². The van der Waals surface area contributed by atoms with Gasteiger partial charge < -0.3 is 11.1 Å². The average molecular weight is 315 g/mol. The van der Waals surface area contributed by atoms with Gasteiger partial charge in [-0.1, -0.05) is 33.1 Å². The van der Waals surface area contributed by atoms with Gasteiger partial charge in [0.05, 0.1) is 0 Å². The molecule has 0 aromatic carbocycles. The highest BCUT2D eigenvalue weighted by molar-refractivity contribution is 8.00. The predicted molar refractivity (Wildman–Crippen MR) is 93.6 cm³/mol. The van der Waals surface area contributed by atoms with Gasteiger partial charge in [0.1, 0.15) is 0 Å². The Morgan fingerprint density at radius 2 is 1.90 bits per heavy atom. The van der Waals surface area contributed by atoms with Crippen molar-refractivity contribution in [3.63, 3.8) is 0 Å². The van der Waals surface area contributed by atoms with E-state index in [4.69, 9.17) is 5.73 Å². The number of thioether (sulfide) groups is 1. The van der Waals surface area contributed by atoms with Crippen LogP contribution in [0.1, 0.15) is 65.2 Å². The van der Waals surface area contributed by atoms with E-state index in [0.29, 0.717) is 23.0 Å². The van der Waals surface area contributed by atoms with Crippen LogP contribution in [0.2, 0.25) is 0 Å². The monoisotopic (exact) mass is 314 g/mol. The molecular formula is C17H34N2OS. The highest BCUT2D eigenvalue weighted by atomic mass is 32.2. The van der Waals surface area contributed by atoms with Gasteiger partial charge in [-0.15, -0.1) is 0 Å². The van der Waals surface area contributed by atoms with Gasteiger partial charge in [-0.2, -0.15) is 11.8 Å². The maximum absolute atomic E-state index is 12.1. The van der Waals surface area contributed by atoms with E-state index in [0.717, 1.165) is 25.9 Å². The van der Waals surface area contributed by atoms with Gasteiger partial charge in [0.25, 0.3) is 0 Å². The summed E-state index contributed by atoms with van der Waals surface area (Å²) >= 11 is 1.94. The van der Waals surface area contributed by atoms with E-state index in [1.54, 1.807) is 0 Å². The molecule has 1 unspecified atom stereocenters. The Morgan fingerprint density at radius 3 is 2.43 bits per heavy atom. The molecule has 1 fully saturated rings. The zero-order valence-corrected chi connectivity index (χ0v) is 14.9. The number of nitrogens with two attached hydrogens (primary N) is 1. The predicted octanol–water partition coefficient (Wildman–Crippen LogP) is 3.57. The zero-order valence-electron chi connectivity index (χ0n) is 14.1. The third-order valence-corrected chi connectivity index (χ3v) is 6.45. The first-order valence-electron chi connectivity index (χ1n) is 8.55. The number of hydrogen-bond acceptors (Lipinski definition) is 3. The molecule has 124 valence electrons. The van der Waals surface area contributed by atoms with Crippen molar-refractivity contribution in [2.75, 3.05) is 19.3 Å². The van der Waals surface area contributed by atoms with Crippen molar-refractivity contribution < 1.29 is 4.79 Å². The molecule has 0 bridgehead atoms. The van der Waals surface area contributed by atoms with Gasteiger partial charge in [-0.05, 0) is 50.3 Å². The maximum atomic E-state index is 12.1. The smallest absolute Gasteiger partial charge is 0.220 e. The first-order valence-corrected chi connectivity index (χ1v) is 9.77. The molecule has 1 atom stereocenters. The lowest BCUT2D eigenvalue weighted by Crippen LogP contribution is -2.41. The van der Waals surface area contributed by atoms with Crippen molar-refractivity contribution in [1.82, 2.24) is 5.32 Å². The van der Waals surface area contributed by atoms with Gasteiger partial charge in [-0.3, -0.25) is 4.79 Å². The van der Waals surface area contributed by atoms with Crippen LogP contribution in [-0.2, 0) is 4.79 Å². The van der Waals surface area contributed by atoms with Crippen LogP contribution >= 0.6 is 11.8 Å². The fourth-order valence-electron chi connectivity index (χ4n) is 3.34. The van der Waals surface area contributed by atoms with E-state index >= 15 is 0 Å². The summed E-state index contributed by atoms with van der Waals surface area (Å²) in [5.74, 6) is 1.40. The van der Waals surface area contributed by atoms with E-state index in [1.807, 2.05) is 11.8 Å². The van der Waals surface area contributed by atoms with Crippen LogP contribution in [0, 0.1) is 11.8 Å². The second kappa shape index (κ2) is 9.73. The van der Waals surface area contributed by atoms with Crippen molar-refractivity contribution in [3.05, 3.63) is 0 Å². The van der Waals surface area contributed by atoms with Gasteiger partial charge in [0.15, 0.2) is 0 Å². The topological polar surface area (TPSA) is 55.1 Å². The minimum Gasteiger partial charge on any atom is -0.355 e. The summed E-state index contributed by atoms with van der Waals surface area (Å²) in [5.41, 5.74) is 5.66. The fraction of sp³-hybridized carbons (Fsp3) is 0.941. The summed E-state index contributed by atoms with van der Waals surface area (Å²) < 4.78 is 0.294. The second-order valence-corrected chi connectivity index (χ2v) is 8.12. The Hall–Kier alpha value is -0.220. The summed E-state index contributed by atoms with van der Waals surface area (Å²) in [7, 11) is 0. The normalized spacial score (nSPS) is 19.5. The molecule has 3 N–H and O–H groups in total. The summed E-state index contributed by atoms with van der Waals surface area (Å²) in [5, 5.41) is 3.19. The molecule has 0 heterocycles. The molecule has 1 saturated carbocycles. The van der Waals surface area contributed by atoms with E-state index in [9.17, 15) is 4.79 Å². The number of rotatable bonds is 9. The third-order valence-electron chi connectivity index (χ3n) is 5.03. The molecule has 1 aliphatic rings. The largest absolute Gasteiger partial charge is 0.355 e. The molecule has 0 aromatic heterocycles. The SMILES string of the molecule is CSC1(CNC(=O)CCC(CCN)C(C)C)CCCCC1. The Bertz CT molecular complexity index is 301. The fourth-order valence-corrected chi connectivity index (χ4v) is 4.25. The molecule has 0 radical (unpaired) electrons. The maximum Gasteiger partial charge on any atom is 0.220 e. The van der Waals surface area contributed by atoms with Crippen molar-refractivity contribution in [2.45, 2.75) is 70.0 Å². The van der Waals surface area contributed by atoms with E-state index in [1.165, 1.54) is 32.1 Å². The van der Waals surface area contributed by atoms with Crippen LogP contribution < -0.4 is 11.1 Å². The summed E-state index contributed by atoms with van der Waals surface area (Å²) in [6.07, 6.45) is 11.3. The van der Waals surface area contributed by atoms with E-state index < -0.39 is 0 Å². The van der Waals surface area contributed by atoms with Crippen LogP contribution in [0.3, 0.4) is 0 Å². The summed E-state index contributed by atoms with van der Waals surface area (Å²) in [6.45, 7) is 6.02. The van der Waals surface area contributed by atoms with Gasteiger partial charge in [0, 0.05) is 17.7 Å². The molecule has 21 heavy (non-hydrogen) atoms. The highest BCUT2D eigenvalue weighted by Gasteiger charge is 2.31. The quantitative estimate of drug-likeness (QED) is 0.684. The number of hydrogen-bond donors (Lipinski definition) is 2. The molecule has 0 aromatic rings. The summed E-state index contributed by atoms with van der Waals surface area (Å²) in [6, 6.07) is 0. The first kappa shape index (κ1) is 18.8. The lowest BCUT2D eigenvalue weighted by molar-refractivity contribution is -0.121. The number of amides is 1. The van der Waals surface area contributed by atoms with E-state index in [2.05, 4.69) is 25.4 Å². The molecular weight excluding hydrogens is 280 g/mol. The minimum absolute atomic E-state index is 0.219. The molecule has 4 heteroatoms. The lowest BCUT2D eigenvalue weighted by atomic mass is 9.87. The molecule has 1 rings (SSSR count). The second-order valence-electron chi connectivity index (χ2n) is 6.84. The zero-order chi connectivity index (χ0) is 15.7. The van der Waals surface area contributed by atoms with Crippen molar-refractivity contribution in [3.8, 4) is 0 Å². The Kier molecular flexibility index (Phi) is 8.72. The van der Waals surface area contributed by atoms with Crippen LogP contribution in [-0.4, -0.2) is 30.0 Å². The number of nitrogens with one attached hydrogen (secondary N) is 1. The van der Waals surface area contributed by atoms with Crippen LogP contribution in [0.4, 0.5) is 0 Å². The molecule has 1 aliphatic carbocycles. The molecule has 0 saturated heterocycles. The van der Waals surface area contributed by atoms with Gasteiger partial charge >= 0.3 is 0 Å². The third kappa shape index (κ3) is 6.60. The number of carbonyl (C=O) groups is 1. The average Bonchev–Trinajstić information content (AvgIpc) is 2.50. The van der Waals surface area contributed by atoms with Gasteiger partial charge in [0.2, 0.25) is 5.91 Å². The summed E-state index contributed by atoms with van der Waals surface area (Å²) in [4.78, 5) is 12.1. The Morgan fingerprint density at radius 1 is 1.24 bits per heavy atom. The standard InChI is InChI=1S/C17H34N2OS/c1-14(2)15(9-12-18)7-8-16(20)19-13-17(21-3)10-5-4-6-11-17/h14-15H,4-13,18H2,1-3H3,(H,19,20). The van der Waals surface area contributed by atoms with Crippen LogP contribution in [0.5, 0.6) is 0 Å². The molecule has 0 spiro atoms. The van der Waals surface area contributed by atoms with Crippen molar-refractivity contribution in [1.29, 1.82) is 0 Å². The number of carbonyl (C=O) groups excluding carboxylic acids is 1. The van der Waals surface area contributed by atoms with Crippen molar-refractivity contribution in [2.24, 2.45) is 17.6 Å².